The molecule has 0 aliphatic heterocycles. The Morgan fingerprint density at radius 2 is 2.16 bits per heavy atom. The van der Waals surface area contributed by atoms with Crippen molar-refractivity contribution in [2.75, 3.05) is 33.5 Å². The topological polar surface area (TPSA) is 48.3 Å². The fourth-order valence-corrected chi connectivity index (χ4v) is 1.85. The lowest BCUT2D eigenvalue weighted by Gasteiger charge is -2.08. The van der Waals surface area contributed by atoms with Crippen LogP contribution < -0.4 is 5.32 Å². The molecule has 110 valence electrons. The number of ether oxygens (including phenoxy) is 2. The fraction of sp³-hybridized carbons (Fsp3) is 0.786. The second-order valence-electron chi connectivity index (χ2n) is 4.57. The van der Waals surface area contributed by atoms with E-state index in [1.165, 1.54) is 5.69 Å². The summed E-state index contributed by atoms with van der Waals surface area (Å²) < 4.78 is 12.5. The molecular weight excluding hydrogens is 242 g/mol. The average molecular weight is 269 g/mol. The van der Waals surface area contributed by atoms with Crippen molar-refractivity contribution >= 4 is 0 Å². The average Bonchev–Trinajstić information content (AvgIpc) is 2.85. The van der Waals surface area contributed by atoms with Crippen LogP contribution in [-0.2, 0) is 22.6 Å². The van der Waals surface area contributed by atoms with E-state index in [0.29, 0.717) is 13.2 Å². The Morgan fingerprint density at radius 3 is 2.95 bits per heavy atom. The standard InChI is InChI=1S/C14H27N3O2/c1-3-7-17-13-16-12-14(17)11-15-6-4-5-8-19-10-9-18-2/h12-13,15H,3-11H2,1-2H3. The Morgan fingerprint density at radius 1 is 1.26 bits per heavy atom. The first kappa shape index (κ1) is 16.1. The maximum absolute atomic E-state index is 5.41. The van der Waals surface area contributed by atoms with Gasteiger partial charge in [-0.2, -0.15) is 0 Å². The minimum absolute atomic E-state index is 0.680. The van der Waals surface area contributed by atoms with E-state index in [1.54, 1.807) is 7.11 Å². The molecular formula is C14H27N3O2. The van der Waals surface area contributed by atoms with Gasteiger partial charge in [-0.15, -0.1) is 0 Å². The molecule has 0 spiro atoms. The van der Waals surface area contributed by atoms with Crippen molar-refractivity contribution in [3.63, 3.8) is 0 Å². The molecule has 0 aliphatic carbocycles. The largest absolute Gasteiger partial charge is 0.382 e. The van der Waals surface area contributed by atoms with E-state index in [2.05, 4.69) is 21.8 Å². The van der Waals surface area contributed by atoms with Crippen molar-refractivity contribution < 1.29 is 9.47 Å². The van der Waals surface area contributed by atoms with E-state index in [-0.39, 0.29) is 0 Å². The monoisotopic (exact) mass is 269 g/mol. The van der Waals surface area contributed by atoms with Crippen LogP contribution in [0.15, 0.2) is 12.5 Å². The highest BCUT2D eigenvalue weighted by atomic mass is 16.5. The van der Waals surface area contributed by atoms with Crippen LogP contribution >= 0.6 is 0 Å². The summed E-state index contributed by atoms with van der Waals surface area (Å²) in [7, 11) is 1.69. The van der Waals surface area contributed by atoms with E-state index in [0.717, 1.165) is 45.5 Å². The maximum Gasteiger partial charge on any atom is 0.0948 e. The normalized spacial score (nSPS) is 11.1. The summed E-state index contributed by atoms with van der Waals surface area (Å²) in [5.74, 6) is 0. The molecule has 0 saturated carbocycles. The van der Waals surface area contributed by atoms with Crippen molar-refractivity contribution in [2.45, 2.75) is 39.3 Å². The predicted octanol–water partition coefficient (Wildman–Crippen LogP) is 1.83. The first-order valence-corrected chi connectivity index (χ1v) is 7.15. The third kappa shape index (κ3) is 7.30. The summed E-state index contributed by atoms with van der Waals surface area (Å²) in [5, 5.41) is 3.45. The Hall–Kier alpha value is -0.910. The SMILES string of the molecule is CCCn1cncc1CNCCCCOCCOC. The predicted molar refractivity (Wildman–Crippen MR) is 76.2 cm³/mol. The summed E-state index contributed by atoms with van der Waals surface area (Å²) in [4.78, 5) is 4.19. The molecule has 0 bridgehead atoms. The van der Waals surface area contributed by atoms with Crippen LogP contribution in [0, 0.1) is 0 Å². The molecule has 19 heavy (non-hydrogen) atoms. The highest BCUT2D eigenvalue weighted by Gasteiger charge is 2.00. The lowest BCUT2D eigenvalue weighted by molar-refractivity contribution is 0.0688. The minimum Gasteiger partial charge on any atom is -0.382 e. The zero-order valence-corrected chi connectivity index (χ0v) is 12.2. The Kier molecular flexibility index (Phi) is 9.32. The number of aryl methyl sites for hydroxylation is 1. The van der Waals surface area contributed by atoms with Crippen LogP contribution in [0.3, 0.4) is 0 Å². The molecule has 0 aromatic carbocycles. The quantitative estimate of drug-likeness (QED) is 0.588. The summed E-state index contributed by atoms with van der Waals surface area (Å²) in [6.45, 7) is 7.33. The number of nitrogens with one attached hydrogen (secondary N) is 1. The number of imidazole rings is 1. The van der Waals surface area contributed by atoms with Gasteiger partial charge in [-0.05, 0) is 25.8 Å². The lowest BCUT2D eigenvalue weighted by atomic mass is 10.3. The van der Waals surface area contributed by atoms with Gasteiger partial charge < -0.3 is 19.4 Å². The number of nitrogens with zero attached hydrogens (tertiary/aromatic N) is 2. The number of methoxy groups -OCH3 is 1. The van der Waals surface area contributed by atoms with Crippen molar-refractivity contribution in [1.29, 1.82) is 0 Å². The van der Waals surface area contributed by atoms with Gasteiger partial charge in [0.1, 0.15) is 0 Å². The molecule has 0 fully saturated rings. The van der Waals surface area contributed by atoms with Gasteiger partial charge in [-0.3, -0.25) is 0 Å². The highest BCUT2D eigenvalue weighted by molar-refractivity contribution is 4.97. The van der Waals surface area contributed by atoms with Gasteiger partial charge in [-0.25, -0.2) is 4.98 Å². The molecule has 0 amide bonds. The molecule has 0 radical (unpaired) electrons. The van der Waals surface area contributed by atoms with Crippen LogP contribution in [0.25, 0.3) is 0 Å². The molecule has 1 rings (SSSR count). The zero-order chi connectivity index (χ0) is 13.8. The first-order valence-electron chi connectivity index (χ1n) is 7.15. The second-order valence-corrected chi connectivity index (χ2v) is 4.57. The molecule has 0 aliphatic rings. The van der Waals surface area contributed by atoms with Crippen molar-refractivity contribution in [1.82, 2.24) is 14.9 Å². The fourth-order valence-electron chi connectivity index (χ4n) is 1.85. The maximum atomic E-state index is 5.41. The van der Waals surface area contributed by atoms with E-state index in [9.17, 15) is 0 Å². The molecule has 1 heterocycles. The second kappa shape index (κ2) is 11.0. The lowest BCUT2D eigenvalue weighted by Crippen LogP contribution is -2.17. The molecule has 0 atom stereocenters. The van der Waals surface area contributed by atoms with Crippen LogP contribution in [0.1, 0.15) is 31.9 Å². The minimum atomic E-state index is 0.680. The van der Waals surface area contributed by atoms with Crippen molar-refractivity contribution in [3.8, 4) is 0 Å². The number of rotatable bonds is 12. The van der Waals surface area contributed by atoms with E-state index < -0.39 is 0 Å². The van der Waals surface area contributed by atoms with Crippen LogP contribution in [-0.4, -0.2) is 43.0 Å². The number of hydrogen-bond donors (Lipinski definition) is 1. The zero-order valence-electron chi connectivity index (χ0n) is 12.2. The summed E-state index contributed by atoms with van der Waals surface area (Å²) in [6.07, 6.45) is 7.21. The number of hydrogen-bond acceptors (Lipinski definition) is 4. The van der Waals surface area contributed by atoms with E-state index >= 15 is 0 Å². The van der Waals surface area contributed by atoms with Gasteiger partial charge in [0, 0.05) is 33.0 Å². The number of aromatic nitrogens is 2. The van der Waals surface area contributed by atoms with Gasteiger partial charge in [0.05, 0.1) is 25.2 Å². The third-order valence-electron chi connectivity index (χ3n) is 2.89. The van der Waals surface area contributed by atoms with Gasteiger partial charge in [-0.1, -0.05) is 6.92 Å². The summed E-state index contributed by atoms with van der Waals surface area (Å²) in [6, 6.07) is 0. The number of unbranched alkanes of at least 4 members (excludes halogenated alkanes) is 1. The Labute approximate surface area is 116 Å². The van der Waals surface area contributed by atoms with Crippen molar-refractivity contribution in [3.05, 3.63) is 18.2 Å². The highest BCUT2D eigenvalue weighted by Crippen LogP contribution is 2.00. The van der Waals surface area contributed by atoms with Gasteiger partial charge in [0.2, 0.25) is 0 Å². The van der Waals surface area contributed by atoms with Gasteiger partial charge >= 0.3 is 0 Å². The van der Waals surface area contributed by atoms with Gasteiger partial charge in [0.15, 0.2) is 0 Å². The van der Waals surface area contributed by atoms with Crippen LogP contribution in [0.2, 0.25) is 0 Å². The summed E-state index contributed by atoms with van der Waals surface area (Å²) in [5.41, 5.74) is 1.26. The van der Waals surface area contributed by atoms with Crippen LogP contribution in [0.5, 0.6) is 0 Å². The molecule has 0 saturated heterocycles. The molecule has 1 aromatic heterocycles. The smallest absolute Gasteiger partial charge is 0.0948 e. The molecule has 5 nitrogen and oxygen atoms in total. The Balaban J connectivity index is 1.97. The van der Waals surface area contributed by atoms with Crippen LogP contribution in [0.4, 0.5) is 0 Å². The first-order chi connectivity index (χ1) is 9.38. The summed E-state index contributed by atoms with van der Waals surface area (Å²) >= 11 is 0. The van der Waals surface area contributed by atoms with Gasteiger partial charge in [0.25, 0.3) is 0 Å². The Bertz CT molecular complexity index is 315. The molecule has 0 unspecified atom stereocenters. The molecule has 1 aromatic rings. The molecule has 5 heteroatoms. The van der Waals surface area contributed by atoms with Crippen molar-refractivity contribution in [2.24, 2.45) is 0 Å². The molecule has 1 N–H and O–H groups in total. The third-order valence-corrected chi connectivity index (χ3v) is 2.89. The van der Waals surface area contributed by atoms with E-state index in [4.69, 9.17) is 9.47 Å². The van der Waals surface area contributed by atoms with E-state index in [1.807, 2.05) is 12.5 Å².